The van der Waals surface area contributed by atoms with Crippen molar-refractivity contribution >= 4 is 11.7 Å². The van der Waals surface area contributed by atoms with E-state index in [4.69, 9.17) is 4.52 Å². The van der Waals surface area contributed by atoms with Gasteiger partial charge in [-0.1, -0.05) is 5.16 Å². The van der Waals surface area contributed by atoms with E-state index in [2.05, 4.69) is 20.2 Å². The Hall–Kier alpha value is -2.37. The van der Waals surface area contributed by atoms with Gasteiger partial charge in [0.05, 0.1) is 12.8 Å². The van der Waals surface area contributed by atoms with E-state index >= 15 is 0 Å². The van der Waals surface area contributed by atoms with Crippen LogP contribution in [-0.2, 0) is 11.3 Å². The second-order valence-electron chi connectivity index (χ2n) is 4.08. The highest BCUT2D eigenvalue weighted by Gasteiger charge is 2.10. The van der Waals surface area contributed by atoms with Crippen LogP contribution >= 0.6 is 0 Å². The smallest absolute Gasteiger partial charge is 0.356 e. The fourth-order valence-corrected chi connectivity index (χ4v) is 1.70. The van der Waals surface area contributed by atoms with Gasteiger partial charge in [0, 0.05) is 24.0 Å². The van der Waals surface area contributed by atoms with E-state index in [1.165, 1.54) is 7.11 Å². The number of methoxy groups -OCH3 is 1. The Kier molecular flexibility index (Phi) is 3.79. The van der Waals surface area contributed by atoms with E-state index in [-0.39, 0.29) is 5.69 Å². The summed E-state index contributed by atoms with van der Waals surface area (Å²) < 4.78 is 9.71. The highest BCUT2D eigenvalue weighted by atomic mass is 16.5. The lowest BCUT2D eigenvalue weighted by Gasteiger charge is -2.07. The number of ether oxygens (including phenoxy) is 1. The van der Waals surface area contributed by atoms with E-state index in [9.17, 15) is 4.79 Å². The number of rotatable bonds is 4. The van der Waals surface area contributed by atoms with Gasteiger partial charge in [-0.25, -0.2) is 9.78 Å². The second kappa shape index (κ2) is 5.51. The Morgan fingerprint density at radius 1 is 1.47 bits per heavy atom. The lowest BCUT2D eigenvalue weighted by atomic mass is 10.2. The largest absolute Gasteiger partial charge is 0.464 e. The minimum absolute atomic E-state index is 0.270. The van der Waals surface area contributed by atoms with Gasteiger partial charge in [0.1, 0.15) is 11.5 Å². The molecule has 6 heteroatoms. The van der Waals surface area contributed by atoms with Crippen LogP contribution < -0.4 is 5.32 Å². The molecular formula is C13H15N3O3. The maximum absolute atomic E-state index is 11.4. The lowest BCUT2D eigenvalue weighted by Crippen LogP contribution is -2.06. The van der Waals surface area contributed by atoms with Crippen LogP contribution in [0.3, 0.4) is 0 Å². The second-order valence-corrected chi connectivity index (χ2v) is 4.08. The van der Waals surface area contributed by atoms with Crippen LogP contribution in [0.15, 0.2) is 22.9 Å². The lowest BCUT2D eigenvalue weighted by molar-refractivity contribution is 0.0594. The number of hydrogen-bond donors (Lipinski definition) is 1. The van der Waals surface area contributed by atoms with E-state index in [0.29, 0.717) is 6.54 Å². The predicted molar refractivity (Wildman–Crippen MR) is 68.9 cm³/mol. The summed E-state index contributed by atoms with van der Waals surface area (Å²) in [5.74, 6) is 0.327. The van der Waals surface area contributed by atoms with E-state index in [1.54, 1.807) is 18.3 Å². The molecule has 19 heavy (non-hydrogen) atoms. The summed E-state index contributed by atoms with van der Waals surface area (Å²) >= 11 is 0. The van der Waals surface area contributed by atoms with Gasteiger partial charge >= 0.3 is 5.97 Å². The van der Waals surface area contributed by atoms with Gasteiger partial charge in [0.2, 0.25) is 0 Å². The van der Waals surface area contributed by atoms with Crippen LogP contribution in [0, 0.1) is 13.8 Å². The minimum Gasteiger partial charge on any atom is -0.464 e. The van der Waals surface area contributed by atoms with Crippen LogP contribution in [0.25, 0.3) is 0 Å². The first-order chi connectivity index (χ1) is 9.11. The van der Waals surface area contributed by atoms with Crippen LogP contribution in [0.4, 0.5) is 5.69 Å². The zero-order valence-corrected chi connectivity index (χ0v) is 11.1. The SMILES string of the molecule is COC(=O)c1cc(NCc2c(C)noc2C)ccn1. The first-order valence-electron chi connectivity index (χ1n) is 5.82. The molecule has 0 saturated heterocycles. The molecule has 2 rings (SSSR count). The molecule has 0 unspecified atom stereocenters. The van der Waals surface area contributed by atoms with Crippen LogP contribution in [0.5, 0.6) is 0 Å². The summed E-state index contributed by atoms with van der Waals surface area (Å²) in [6.07, 6.45) is 1.56. The Labute approximate surface area is 110 Å². The average molecular weight is 261 g/mol. The zero-order chi connectivity index (χ0) is 13.8. The van der Waals surface area contributed by atoms with E-state index in [1.807, 2.05) is 13.8 Å². The minimum atomic E-state index is -0.457. The van der Waals surface area contributed by atoms with Crippen molar-refractivity contribution in [3.8, 4) is 0 Å². The van der Waals surface area contributed by atoms with Gasteiger partial charge in [-0.05, 0) is 26.0 Å². The van der Waals surface area contributed by atoms with Crippen molar-refractivity contribution in [3.63, 3.8) is 0 Å². The first kappa shape index (κ1) is 13.1. The third-order valence-electron chi connectivity index (χ3n) is 2.80. The molecule has 2 aromatic rings. The molecule has 0 radical (unpaired) electrons. The molecular weight excluding hydrogens is 246 g/mol. The summed E-state index contributed by atoms with van der Waals surface area (Å²) in [6.45, 7) is 4.33. The van der Waals surface area contributed by atoms with E-state index < -0.39 is 5.97 Å². The third-order valence-corrected chi connectivity index (χ3v) is 2.80. The van der Waals surface area contributed by atoms with E-state index in [0.717, 1.165) is 22.7 Å². The van der Waals surface area contributed by atoms with Gasteiger partial charge in [0.15, 0.2) is 0 Å². The first-order valence-corrected chi connectivity index (χ1v) is 5.82. The number of anilines is 1. The van der Waals surface area contributed by atoms with Gasteiger partial charge < -0.3 is 14.6 Å². The van der Waals surface area contributed by atoms with Crippen molar-refractivity contribution in [2.75, 3.05) is 12.4 Å². The molecule has 0 bridgehead atoms. The van der Waals surface area contributed by atoms with Gasteiger partial charge in [-0.3, -0.25) is 0 Å². The quantitative estimate of drug-likeness (QED) is 0.849. The summed E-state index contributed by atoms with van der Waals surface area (Å²) in [4.78, 5) is 15.3. The molecule has 1 N–H and O–H groups in total. The van der Waals surface area contributed by atoms with Gasteiger partial charge in [-0.15, -0.1) is 0 Å². The summed E-state index contributed by atoms with van der Waals surface area (Å²) in [5, 5.41) is 7.09. The average Bonchev–Trinajstić information content (AvgIpc) is 2.75. The highest BCUT2D eigenvalue weighted by Crippen LogP contribution is 2.15. The molecule has 2 heterocycles. The standard InChI is InChI=1S/C13H15N3O3/c1-8-11(9(2)19-16-8)7-15-10-4-5-14-12(6-10)13(17)18-3/h4-6H,7H2,1-3H3,(H,14,15). The maximum Gasteiger partial charge on any atom is 0.356 e. The molecule has 0 saturated carbocycles. The molecule has 0 aliphatic heterocycles. The molecule has 2 aromatic heterocycles. The van der Waals surface area contributed by atoms with Crippen molar-refractivity contribution < 1.29 is 14.1 Å². The fourth-order valence-electron chi connectivity index (χ4n) is 1.70. The molecule has 0 aliphatic rings. The number of pyridine rings is 1. The van der Waals surface area contributed by atoms with Crippen LogP contribution in [0.2, 0.25) is 0 Å². The predicted octanol–water partition coefficient (Wildman–Crippen LogP) is 2.09. The van der Waals surface area contributed by atoms with Gasteiger partial charge in [0.25, 0.3) is 0 Å². The molecule has 6 nitrogen and oxygen atoms in total. The van der Waals surface area contributed by atoms with Crippen LogP contribution in [0.1, 0.15) is 27.5 Å². The molecule has 100 valence electrons. The number of hydrogen-bond acceptors (Lipinski definition) is 6. The normalized spacial score (nSPS) is 10.3. The molecule has 0 aliphatic carbocycles. The monoisotopic (exact) mass is 261 g/mol. The fraction of sp³-hybridized carbons (Fsp3) is 0.308. The molecule has 0 fully saturated rings. The maximum atomic E-state index is 11.4. The number of carbonyl (C=O) groups excluding carboxylic acids is 1. The summed E-state index contributed by atoms with van der Waals surface area (Å²) in [5.41, 5.74) is 2.92. The summed E-state index contributed by atoms with van der Waals surface area (Å²) in [7, 11) is 1.33. The van der Waals surface area contributed by atoms with Crippen molar-refractivity contribution in [3.05, 3.63) is 41.0 Å². The molecule has 0 amide bonds. The van der Waals surface area contributed by atoms with Crippen molar-refractivity contribution in [1.82, 2.24) is 10.1 Å². The molecule has 0 aromatic carbocycles. The highest BCUT2D eigenvalue weighted by molar-refractivity contribution is 5.88. The topological polar surface area (TPSA) is 77.2 Å². The third kappa shape index (κ3) is 2.90. The Morgan fingerprint density at radius 2 is 2.26 bits per heavy atom. The molecule has 0 atom stereocenters. The zero-order valence-electron chi connectivity index (χ0n) is 11.1. The number of aryl methyl sites for hydroxylation is 2. The van der Waals surface area contributed by atoms with Crippen molar-refractivity contribution in [2.24, 2.45) is 0 Å². The van der Waals surface area contributed by atoms with Crippen molar-refractivity contribution in [1.29, 1.82) is 0 Å². The Bertz CT molecular complexity index is 573. The van der Waals surface area contributed by atoms with Gasteiger partial charge in [-0.2, -0.15) is 0 Å². The Morgan fingerprint density at radius 3 is 2.89 bits per heavy atom. The number of esters is 1. The Balaban J connectivity index is 2.10. The van der Waals surface area contributed by atoms with Crippen LogP contribution in [-0.4, -0.2) is 23.2 Å². The number of aromatic nitrogens is 2. The van der Waals surface area contributed by atoms with Crippen molar-refractivity contribution in [2.45, 2.75) is 20.4 Å². The molecule has 0 spiro atoms. The number of carbonyl (C=O) groups is 1. The summed E-state index contributed by atoms with van der Waals surface area (Å²) in [6, 6.07) is 3.43. The number of nitrogens with one attached hydrogen (secondary N) is 1. The number of nitrogens with zero attached hydrogens (tertiary/aromatic N) is 2.